The molecule has 84 valence electrons. The summed E-state index contributed by atoms with van der Waals surface area (Å²) in [5.74, 6) is 2.37. The zero-order valence-electron chi connectivity index (χ0n) is 8.92. The van der Waals surface area contributed by atoms with Gasteiger partial charge in [0.25, 0.3) is 0 Å². The van der Waals surface area contributed by atoms with Crippen LogP contribution in [0.2, 0.25) is 0 Å². The molecule has 0 spiro atoms. The SMILES string of the molecule is Cn1cnc(CNc2nc(C3CC3)ns2)n1. The summed E-state index contributed by atoms with van der Waals surface area (Å²) in [6, 6.07) is 0. The van der Waals surface area contributed by atoms with E-state index < -0.39 is 0 Å². The molecule has 0 saturated heterocycles. The van der Waals surface area contributed by atoms with Crippen molar-refractivity contribution in [2.75, 3.05) is 5.32 Å². The van der Waals surface area contributed by atoms with E-state index >= 15 is 0 Å². The lowest BCUT2D eigenvalue weighted by atomic mass is 10.4. The zero-order valence-corrected chi connectivity index (χ0v) is 9.74. The Hall–Kier alpha value is -1.50. The van der Waals surface area contributed by atoms with Crippen molar-refractivity contribution in [3.63, 3.8) is 0 Å². The van der Waals surface area contributed by atoms with Crippen LogP contribution in [0.5, 0.6) is 0 Å². The standard InChI is InChI=1S/C9H12N6S/c1-15-5-11-7(13-15)4-10-9-12-8(14-16-9)6-2-3-6/h5-6H,2-4H2,1H3,(H,10,12,14). The molecule has 0 bridgehead atoms. The normalized spacial score (nSPS) is 15.3. The van der Waals surface area contributed by atoms with Gasteiger partial charge in [-0.2, -0.15) is 9.47 Å². The Morgan fingerprint density at radius 2 is 2.44 bits per heavy atom. The van der Waals surface area contributed by atoms with Crippen LogP contribution in [0.1, 0.15) is 30.4 Å². The molecule has 0 unspecified atom stereocenters. The number of rotatable bonds is 4. The number of aromatic nitrogens is 5. The van der Waals surface area contributed by atoms with Gasteiger partial charge < -0.3 is 5.32 Å². The highest BCUT2D eigenvalue weighted by Crippen LogP contribution is 2.39. The maximum Gasteiger partial charge on any atom is 0.202 e. The quantitative estimate of drug-likeness (QED) is 0.862. The van der Waals surface area contributed by atoms with Crippen molar-refractivity contribution in [2.45, 2.75) is 25.3 Å². The van der Waals surface area contributed by atoms with Gasteiger partial charge in [0.05, 0.1) is 6.54 Å². The number of nitrogens with zero attached hydrogens (tertiary/aromatic N) is 5. The molecule has 0 aliphatic heterocycles. The summed E-state index contributed by atoms with van der Waals surface area (Å²) in [5.41, 5.74) is 0. The van der Waals surface area contributed by atoms with Crippen molar-refractivity contribution in [3.8, 4) is 0 Å². The Morgan fingerprint density at radius 3 is 3.12 bits per heavy atom. The molecule has 0 amide bonds. The minimum atomic E-state index is 0.597. The molecule has 2 aromatic heterocycles. The van der Waals surface area contributed by atoms with Crippen molar-refractivity contribution in [3.05, 3.63) is 18.0 Å². The van der Waals surface area contributed by atoms with E-state index in [1.54, 1.807) is 11.0 Å². The molecule has 3 rings (SSSR count). The van der Waals surface area contributed by atoms with Crippen molar-refractivity contribution in [2.24, 2.45) is 7.05 Å². The summed E-state index contributed by atoms with van der Waals surface area (Å²) in [6.07, 6.45) is 4.16. The summed E-state index contributed by atoms with van der Waals surface area (Å²) in [6.45, 7) is 0.597. The Bertz CT molecular complexity index is 486. The molecule has 16 heavy (non-hydrogen) atoms. The van der Waals surface area contributed by atoms with Gasteiger partial charge in [-0.15, -0.1) is 0 Å². The molecule has 1 aliphatic carbocycles. The second-order valence-corrected chi connectivity index (χ2v) is 4.67. The second-order valence-electron chi connectivity index (χ2n) is 3.92. The van der Waals surface area contributed by atoms with E-state index in [1.165, 1.54) is 24.4 Å². The molecule has 0 aromatic carbocycles. The van der Waals surface area contributed by atoms with Gasteiger partial charge >= 0.3 is 0 Å². The fourth-order valence-corrected chi connectivity index (χ4v) is 2.07. The van der Waals surface area contributed by atoms with Crippen LogP contribution >= 0.6 is 11.5 Å². The topological polar surface area (TPSA) is 68.5 Å². The summed E-state index contributed by atoms with van der Waals surface area (Å²) in [5, 5.41) is 8.22. The highest BCUT2D eigenvalue weighted by atomic mass is 32.1. The van der Waals surface area contributed by atoms with E-state index in [-0.39, 0.29) is 0 Å². The fourth-order valence-electron chi connectivity index (χ4n) is 1.43. The van der Waals surface area contributed by atoms with Crippen LogP contribution in [0.4, 0.5) is 5.13 Å². The van der Waals surface area contributed by atoms with Gasteiger partial charge in [-0.3, -0.25) is 4.68 Å². The molecule has 1 aliphatic rings. The Morgan fingerprint density at radius 1 is 1.56 bits per heavy atom. The van der Waals surface area contributed by atoms with Gasteiger partial charge in [-0.1, -0.05) is 0 Å². The number of anilines is 1. The number of aryl methyl sites for hydroxylation is 1. The third kappa shape index (κ3) is 2.04. The maximum absolute atomic E-state index is 4.43. The van der Waals surface area contributed by atoms with Crippen molar-refractivity contribution in [1.29, 1.82) is 0 Å². The van der Waals surface area contributed by atoms with E-state index in [1.807, 2.05) is 7.05 Å². The van der Waals surface area contributed by atoms with Gasteiger partial charge in [-0.25, -0.2) is 9.97 Å². The van der Waals surface area contributed by atoms with Gasteiger partial charge in [0.15, 0.2) is 5.82 Å². The number of hydrogen-bond acceptors (Lipinski definition) is 6. The van der Waals surface area contributed by atoms with Crippen LogP contribution in [0.3, 0.4) is 0 Å². The molecule has 0 atom stereocenters. The lowest BCUT2D eigenvalue weighted by molar-refractivity contribution is 0.747. The summed E-state index contributed by atoms with van der Waals surface area (Å²) in [4.78, 5) is 8.56. The largest absolute Gasteiger partial charge is 0.353 e. The van der Waals surface area contributed by atoms with Gasteiger partial charge in [0.2, 0.25) is 5.13 Å². The molecule has 1 saturated carbocycles. The smallest absolute Gasteiger partial charge is 0.202 e. The summed E-state index contributed by atoms with van der Waals surface area (Å²) in [7, 11) is 1.85. The van der Waals surface area contributed by atoms with E-state index in [0.717, 1.165) is 16.8 Å². The number of nitrogens with one attached hydrogen (secondary N) is 1. The van der Waals surface area contributed by atoms with E-state index in [9.17, 15) is 0 Å². The van der Waals surface area contributed by atoms with Crippen LogP contribution in [-0.2, 0) is 13.6 Å². The molecule has 2 aromatic rings. The van der Waals surface area contributed by atoms with E-state index in [4.69, 9.17) is 0 Å². The minimum Gasteiger partial charge on any atom is -0.353 e. The van der Waals surface area contributed by atoms with Crippen molar-refractivity contribution < 1.29 is 0 Å². The van der Waals surface area contributed by atoms with E-state index in [2.05, 4.69) is 24.8 Å². The van der Waals surface area contributed by atoms with Crippen molar-refractivity contribution in [1.82, 2.24) is 24.1 Å². The molecule has 1 N–H and O–H groups in total. The lowest BCUT2D eigenvalue weighted by Gasteiger charge is -1.96. The summed E-state index contributed by atoms with van der Waals surface area (Å²) >= 11 is 1.41. The zero-order chi connectivity index (χ0) is 11.0. The molecular formula is C9H12N6S. The molecule has 6 nitrogen and oxygen atoms in total. The first-order valence-corrected chi connectivity index (χ1v) is 6.00. The molecule has 1 fully saturated rings. The second kappa shape index (κ2) is 3.82. The first-order chi connectivity index (χ1) is 7.81. The fraction of sp³-hybridized carbons (Fsp3) is 0.556. The molecule has 7 heteroatoms. The maximum atomic E-state index is 4.43. The highest BCUT2D eigenvalue weighted by Gasteiger charge is 2.27. The first-order valence-electron chi connectivity index (χ1n) is 5.23. The van der Waals surface area contributed by atoms with Gasteiger partial charge in [-0.05, 0) is 12.8 Å². The summed E-state index contributed by atoms with van der Waals surface area (Å²) < 4.78 is 6.00. The Balaban J connectivity index is 1.61. The van der Waals surface area contributed by atoms with E-state index in [0.29, 0.717) is 12.5 Å². The van der Waals surface area contributed by atoms with Crippen LogP contribution in [-0.4, -0.2) is 24.1 Å². The average molecular weight is 236 g/mol. The Labute approximate surface area is 96.9 Å². The van der Waals surface area contributed by atoms with Crippen LogP contribution in [0, 0.1) is 0 Å². The molecular weight excluding hydrogens is 224 g/mol. The lowest BCUT2D eigenvalue weighted by Crippen LogP contribution is -2.02. The van der Waals surface area contributed by atoms with Crippen LogP contribution in [0.25, 0.3) is 0 Å². The van der Waals surface area contributed by atoms with Crippen LogP contribution in [0.15, 0.2) is 6.33 Å². The molecule has 2 heterocycles. The minimum absolute atomic E-state index is 0.597. The van der Waals surface area contributed by atoms with Gasteiger partial charge in [0.1, 0.15) is 12.2 Å². The monoisotopic (exact) mass is 236 g/mol. The predicted octanol–water partition coefficient (Wildman–Crippen LogP) is 1.16. The first kappa shape index (κ1) is 9.71. The highest BCUT2D eigenvalue weighted by molar-refractivity contribution is 7.09. The average Bonchev–Trinajstić information content (AvgIpc) is 2.87. The third-order valence-corrected chi connectivity index (χ3v) is 3.12. The number of hydrogen-bond donors (Lipinski definition) is 1. The van der Waals surface area contributed by atoms with Crippen molar-refractivity contribution >= 4 is 16.7 Å². The predicted molar refractivity (Wildman–Crippen MR) is 60.2 cm³/mol. The molecule has 0 radical (unpaired) electrons. The van der Waals surface area contributed by atoms with Gasteiger partial charge in [0, 0.05) is 24.5 Å². The third-order valence-electron chi connectivity index (χ3n) is 2.43. The Kier molecular flexibility index (Phi) is 2.32. The van der Waals surface area contributed by atoms with Crippen LogP contribution < -0.4 is 5.32 Å².